The van der Waals surface area contributed by atoms with E-state index in [9.17, 15) is 26.4 Å². The summed E-state index contributed by atoms with van der Waals surface area (Å²) >= 11 is 6.17. The Morgan fingerprint density at radius 3 is 2.19 bits per heavy atom. The summed E-state index contributed by atoms with van der Waals surface area (Å²) < 4.78 is 78.3. The van der Waals surface area contributed by atoms with E-state index in [0.29, 0.717) is 27.4 Å². The lowest BCUT2D eigenvalue weighted by atomic mass is 10.2. The first-order chi connectivity index (χ1) is 17.4. The normalized spacial score (nSPS) is 11.6. The van der Waals surface area contributed by atoms with Gasteiger partial charge in [-0.15, -0.1) is 0 Å². The third-order valence-electron chi connectivity index (χ3n) is 5.45. The van der Waals surface area contributed by atoms with Crippen LogP contribution >= 0.6 is 11.6 Å². The first-order valence-electron chi connectivity index (χ1n) is 10.8. The quantitative estimate of drug-likeness (QED) is 0.361. The van der Waals surface area contributed by atoms with Crippen LogP contribution in [0.4, 0.5) is 18.9 Å². The van der Waals surface area contributed by atoms with Gasteiger partial charge < -0.3 is 14.4 Å². The molecule has 1 amide bonds. The van der Waals surface area contributed by atoms with E-state index < -0.39 is 39.9 Å². The van der Waals surface area contributed by atoms with Crippen molar-refractivity contribution in [2.24, 2.45) is 0 Å². The summed E-state index contributed by atoms with van der Waals surface area (Å²) in [6, 6.07) is 14.4. The first-order valence-corrected chi connectivity index (χ1v) is 12.6. The SMILES string of the molecule is COc1ccc(CN(C)C(=O)CN(c2cc(C(F)(F)F)ccc2Cl)S(=O)(=O)c2ccccc2)cc1OC. The number of carbonyl (C=O) groups is 1. The zero-order valence-electron chi connectivity index (χ0n) is 20.1. The number of alkyl halides is 3. The molecule has 0 N–H and O–H groups in total. The van der Waals surface area contributed by atoms with E-state index in [0.717, 1.165) is 12.1 Å². The summed E-state index contributed by atoms with van der Waals surface area (Å²) in [5.41, 5.74) is -0.914. The number of methoxy groups -OCH3 is 2. The lowest BCUT2D eigenvalue weighted by molar-refractivity contribution is -0.137. The van der Waals surface area contributed by atoms with Crippen LogP contribution in [0.2, 0.25) is 5.02 Å². The largest absolute Gasteiger partial charge is 0.493 e. The monoisotopic (exact) mass is 556 g/mol. The molecule has 0 atom stereocenters. The molecule has 0 saturated heterocycles. The van der Waals surface area contributed by atoms with Crippen molar-refractivity contribution in [3.63, 3.8) is 0 Å². The van der Waals surface area contributed by atoms with Gasteiger partial charge in [-0.05, 0) is 48.0 Å². The average Bonchev–Trinajstić information content (AvgIpc) is 2.87. The van der Waals surface area contributed by atoms with Gasteiger partial charge in [-0.2, -0.15) is 13.2 Å². The Balaban J connectivity index is 1.99. The van der Waals surface area contributed by atoms with E-state index in [-0.39, 0.29) is 16.5 Å². The summed E-state index contributed by atoms with van der Waals surface area (Å²) in [6.07, 6.45) is -4.75. The average molecular weight is 557 g/mol. The molecule has 3 aromatic carbocycles. The van der Waals surface area contributed by atoms with Gasteiger partial charge in [-0.3, -0.25) is 9.10 Å². The van der Waals surface area contributed by atoms with Gasteiger partial charge in [0.25, 0.3) is 10.0 Å². The van der Waals surface area contributed by atoms with Crippen molar-refractivity contribution >= 4 is 33.2 Å². The summed E-state index contributed by atoms with van der Waals surface area (Å²) in [5, 5.41) is -0.261. The number of hydrogen-bond acceptors (Lipinski definition) is 5. The molecule has 0 spiro atoms. The highest BCUT2D eigenvalue weighted by Gasteiger charge is 2.35. The van der Waals surface area contributed by atoms with Crippen molar-refractivity contribution < 1.29 is 35.9 Å². The Morgan fingerprint density at radius 1 is 0.946 bits per heavy atom. The highest BCUT2D eigenvalue weighted by Crippen LogP contribution is 2.37. The Labute approximate surface area is 218 Å². The lowest BCUT2D eigenvalue weighted by Crippen LogP contribution is -2.41. The van der Waals surface area contributed by atoms with Crippen LogP contribution < -0.4 is 13.8 Å². The minimum Gasteiger partial charge on any atom is -0.493 e. The van der Waals surface area contributed by atoms with Gasteiger partial charge in [0, 0.05) is 13.6 Å². The molecule has 0 bridgehead atoms. The molecule has 0 fully saturated rings. The maximum absolute atomic E-state index is 13.5. The number of rotatable bonds is 9. The van der Waals surface area contributed by atoms with Gasteiger partial charge in [0.2, 0.25) is 5.91 Å². The molecule has 3 aromatic rings. The molecular weight excluding hydrogens is 533 g/mol. The lowest BCUT2D eigenvalue weighted by Gasteiger charge is -2.28. The van der Waals surface area contributed by atoms with Gasteiger partial charge in [0.15, 0.2) is 11.5 Å². The number of anilines is 1. The maximum atomic E-state index is 13.5. The third kappa shape index (κ3) is 6.47. The summed E-state index contributed by atoms with van der Waals surface area (Å²) in [6.45, 7) is -0.725. The second-order valence-corrected chi connectivity index (χ2v) is 10.2. The molecule has 3 rings (SSSR count). The molecule has 0 unspecified atom stereocenters. The standard InChI is InChI=1S/C25H24ClF3N2O5S/c1-30(15-17-9-12-22(35-2)23(13-17)36-3)24(32)16-31(37(33,34)19-7-5-4-6-8-19)21-14-18(25(27,28)29)10-11-20(21)26/h4-14H,15-16H2,1-3H3. The summed E-state index contributed by atoms with van der Waals surface area (Å²) in [7, 11) is -0.0780. The fraction of sp³-hybridized carbons (Fsp3) is 0.240. The second kappa shape index (κ2) is 11.3. The topological polar surface area (TPSA) is 76.2 Å². The van der Waals surface area contributed by atoms with Crippen LogP contribution in [-0.2, 0) is 27.5 Å². The number of nitrogens with zero attached hydrogens (tertiary/aromatic N) is 2. The minimum absolute atomic E-state index is 0.0642. The fourth-order valence-electron chi connectivity index (χ4n) is 3.48. The van der Waals surface area contributed by atoms with E-state index in [1.54, 1.807) is 24.3 Å². The molecule has 0 radical (unpaired) electrons. The number of halogens is 4. The van der Waals surface area contributed by atoms with Crippen molar-refractivity contribution in [1.29, 1.82) is 0 Å². The molecule has 198 valence electrons. The molecule has 0 aliphatic carbocycles. The van der Waals surface area contributed by atoms with Crippen molar-refractivity contribution in [2.45, 2.75) is 17.6 Å². The van der Waals surface area contributed by atoms with Crippen LogP contribution in [-0.4, -0.2) is 47.0 Å². The smallest absolute Gasteiger partial charge is 0.416 e. The van der Waals surface area contributed by atoms with E-state index in [1.807, 2.05) is 0 Å². The molecule has 0 saturated carbocycles. The fourth-order valence-corrected chi connectivity index (χ4v) is 5.20. The molecule has 0 aromatic heterocycles. The summed E-state index contributed by atoms with van der Waals surface area (Å²) in [5.74, 6) is 0.243. The number of sulfonamides is 1. The highest BCUT2D eigenvalue weighted by molar-refractivity contribution is 7.92. The molecule has 37 heavy (non-hydrogen) atoms. The van der Waals surface area contributed by atoms with E-state index in [4.69, 9.17) is 21.1 Å². The van der Waals surface area contributed by atoms with Gasteiger partial charge in [-0.25, -0.2) is 8.42 Å². The zero-order chi connectivity index (χ0) is 27.4. The number of hydrogen-bond donors (Lipinski definition) is 0. The van der Waals surface area contributed by atoms with Crippen LogP contribution in [0.3, 0.4) is 0 Å². The van der Waals surface area contributed by atoms with Crippen LogP contribution in [0.15, 0.2) is 71.6 Å². The zero-order valence-corrected chi connectivity index (χ0v) is 21.7. The Bertz CT molecular complexity index is 1370. The van der Waals surface area contributed by atoms with Crippen molar-refractivity contribution in [2.75, 3.05) is 32.1 Å². The van der Waals surface area contributed by atoms with Gasteiger partial charge in [0.05, 0.1) is 35.4 Å². The number of ether oxygens (including phenoxy) is 2. The molecule has 12 heteroatoms. The maximum Gasteiger partial charge on any atom is 0.416 e. The summed E-state index contributed by atoms with van der Waals surface area (Å²) in [4.78, 5) is 14.2. The number of benzene rings is 3. The minimum atomic E-state index is -4.75. The predicted octanol–water partition coefficient (Wildman–Crippen LogP) is 5.23. The van der Waals surface area contributed by atoms with Gasteiger partial charge in [-0.1, -0.05) is 35.9 Å². The molecule has 7 nitrogen and oxygen atoms in total. The predicted molar refractivity (Wildman–Crippen MR) is 133 cm³/mol. The molecule has 0 heterocycles. The van der Waals surface area contributed by atoms with Crippen LogP contribution in [0, 0.1) is 0 Å². The van der Waals surface area contributed by atoms with Crippen molar-refractivity contribution in [1.82, 2.24) is 4.90 Å². The van der Waals surface area contributed by atoms with E-state index in [2.05, 4.69) is 0 Å². The first kappa shape index (κ1) is 28.1. The number of carbonyl (C=O) groups excluding carboxylic acids is 1. The van der Waals surface area contributed by atoms with Crippen molar-refractivity contribution in [3.8, 4) is 11.5 Å². The van der Waals surface area contributed by atoms with Gasteiger partial charge in [0.1, 0.15) is 6.54 Å². The number of amides is 1. The van der Waals surface area contributed by atoms with E-state index in [1.165, 1.54) is 50.4 Å². The second-order valence-electron chi connectivity index (χ2n) is 7.93. The number of likely N-dealkylation sites (N-methyl/N-ethyl adjacent to an activating group) is 1. The molecular formula is C25H24ClF3N2O5S. The Morgan fingerprint density at radius 2 is 1.59 bits per heavy atom. The highest BCUT2D eigenvalue weighted by atomic mass is 35.5. The van der Waals surface area contributed by atoms with Gasteiger partial charge >= 0.3 is 6.18 Å². The van der Waals surface area contributed by atoms with Crippen LogP contribution in [0.1, 0.15) is 11.1 Å². The van der Waals surface area contributed by atoms with Crippen LogP contribution in [0.25, 0.3) is 0 Å². The Kier molecular flexibility index (Phi) is 8.60. The Hall–Kier alpha value is -3.44. The third-order valence-corrected chi connectivity index (χ3v) is 7.54. The molecule has 0 aliphatic rings. The van der Waals surface area contributed by atoms with Crippen LogP contribution in [0.5, 0.6) is 11.5 Å². The molecule has 0 aliphatic heterocycles. The van der Waals surface area contributed by atoms with Crippen molar-refractivity contribution in [3.05, 3.63) is 82.9 Å². The van der Waals surface area contributed by atoms with E-state index >= 15 is 0 Å².